The summed E-state index contributed by atoms with van der Waals surface area (Å²) in [5.41, 5.74) is 0.205. The molecular weight excluding hydrogens is 364 g/mol. The van der Waals surface area contributed by atoms with Gasteiger partial charge in [-0.15, -0.1) is 0 Å². The largest absolute Gasteiger partial charge is 0.462 e. The Morgan fingerprint density at radius 3 is 2.07 bits per heavy atom. The lowest BCUT2D eigenvalue weighted by Gasteiger charge is -2.28. The molecular formula is C25H26O4. The molecule has 150 valence electrons. The van der Waals surface area contributed by atoms with Crippen molar-refractivity contribution < 1.29 is 19.1 Å². The molecule has 3 aromatic carbocycles. The van der Waals surface area contributed by atoms with Gasteiger partial charge in [-0.05, 0) is 47.9 Å². The predicted octanol–water partition coefficient (Wildman–Crippen LogP) is 5.83. The summed E-state index contributed by atoms with van der Waals surface area (Å²) >= 11 is 0. The summed E-state index contributed by atoms with van der Waals surface area (Å²) in [7, 11) is 0. The lowest BCUT2D eigenvalue weighted by atomic mass is 9.96. The zero-order valence-electron chi connectivity index (χ0n) is 17.2. The minimum Gasteiger partial charge on any atom is -0.462 e. The Labute approximate surface area is 171 Å². The minimum atomic E-state index is -0.711. The van der Waals surface area contributed by atoms with Crippen LogP contribution in [0.4, 0.5) is 0 Å². The number of esters is 2. The number of fused-ring (bicyclic) bond motifs is 2. The van der Waals surface area contributed by atoms with E-state index in [4.69, 9.17) is 9.47 Å². The fourth-order valence-electron chi connectivity index (χ4n) is 3.28. The molecule has 1 atom stereocenters. The third-order valence-corrected chi connectivity index (χ3v) is 5.27. The summed E-state index contributed by atoms with van der Waals surface area (Å²) in [6.07, 6.45) is 1.03. The van der Waals surface area contributed by atoms with E-state index in [0.29, 0.717) is 24.0 Å². The quantitative estimate of drug-likeness (QED) is 0.289. The summed E-state index contributed by atoms with van der Waals surface area (Å²) in [5, 5.41) is 3.71. The van der Waals surface area contributed by atoms with E-state index in [2.05, 4.69) is 12.6 Å². The molecule has 4 heteroatoms. The number of hydrogen-bond donors (Lipinski definition) is 0. The van der Waals surface area contributed by atoms with E-state index in [1.807, 2.05) is 62.4 Å². The molecule has 0 aliphatic carbocycles. The van der Waals surface area contributed by atoms with Crippen LogP contribution in [0.1, 0.15) is 44.0 Å². The van der Waals surface area contributed by atoms with E-state index in [0.717, 1.165) is 21.5 Å². The molecule has 0 spiro atoms. The summed E-state index contributed by atoms with van der Waals surface area (Å²) in [5.74, 6) is -0.802. The van der Waals surface area contributed by atoms with Crippen molar-refractivity contribution in [2.45, 2.75) is 39.2 Å². The molecule has 0 N–H and O–H groups in total. The van der Waals surface area contributed by atoms with Crippen molar-refractivity contribution in [3.05, 3.63) is 72.3 Å². The van der Waals surface area contributed by atoms with Crippen LogP contribution in [-0.4, -0.2) is 24.1 Å². The average molecular weight is 390 g/mol. The highest BCUT2D eigenvalue weighted by molar-refractivity contribution is 6.16. The maximum atomic E-state index is 13.0. The second-order valence-corrected chi connectivity index (χ2v) is 7.55. The second-order valence-electron chi connectivity index (χ2n) is 7.55. The maximum absolute atomic E-state index is 13.0. The zero-order chi connectivity index (χ0) is 21.0. The van der Waals surface area contributed by atoms with Crippen LogP contribution in [0.5, 0.6) is 0 Å². The molecule has 3 rings (SSSR count). The molecule has 0 amide bonds. The number of rotatable bonds is 7. The van der Waals surface area contributed by atoms with Gasteiger partial charge in [-0.25, -0.2) is 9.59 Å². The van der Waals surface area contributed by atoms with E-state index in [-0.39, 0.29) is 12.6 Å². The number of hydrogen-bond acceptors (Lipinski definition) is 4. The smallest absolute Gasteiger partial charge is 0.339 e. The Kier molecular flexibility index (Phi) is 6.02. The summed E-state index contributed by atoms with van der Waals surface area (Å²) in [6, 6.07) is 17.7. The highest BCUT2D eigenvalue weighted by Gasteiger charge is 2.28. The van der Waals surface area contributed by atoms with E-state index in [1.165, 1.54) is 0 Å². The highest BCUT2D eigenvalue weighted by Crippen LogP contribution is 2.29. The zero-order valence-corrected chi connectivity index (χ0v) is 17.2. The lowest BCUT2D eigenvalue weighted by molar-refractivity contribution is -0.154. The third kappa shape index (κ3) is 4.48. The fraction of sp³-hybridized carbons (Fsp3) is 0.280. The van der Waals surface area contributed by atoms with E-state index in [9.17, 15) is 9.59 Å². The Morgan fingerprint density at radius 2 is 1.55 bits per heavy atom. The SMILES string of the molecule is C=C(C)C(=O)OC(C)(CC)CCOC(=O)c1c2ccccc2cc2ccccc12. The normalized spacial score (nSPS) is 13.1. The Hall–Kier alpha value is -3.14. The van der Waals surface area contributed by atoms with Gasteiger partial charge in [0.15, 0.2) is 0 Å². The van der Waals surface area contributed by atoms with Gasteiger partial charge >= 0.3 is 11.9 Å². The Morgan fingerprint density at radius 1 is 1.00 bits per heavy atom. The summed E-state index contributed by atoms with van der Waals surface area (Å²) in [4.78, 5) is 24.9. The van der Waals surface area contributed by atoms with Crippen LogP contribution in [0.2, 0.25) is 0 Å². The van der Waals surface area contributed by atoms with Crippen LogP contribution in [0, 0.1) is 0 Å². The molecule has 3 aromatic rings. The van der Waals surface area contributed by atoms with Gasteiger partial charge in [-0.3, -0.25) is 0 Å². The molecule has 4 nitrogen and oxygen atoms in total. The van der Waals surface area contributed by atoms with Crippen LogP contribution in [0.25, 0.3) is 21.5 Å². The van der Waals surface area contributed by atoms with E-state index in [1.54, 1.807) is 6.92 Å². The average Bonchev–Trinajstić information content (AvgIpc) is 2.71. The highest BCUT2D eigenvalue weighted by atomic mass is 16.6. The number of carbonyl (C=O) groups excluding carboxylic acids is 2. The van der Waals surface area contributed by atoms with Crippen LogP contribution in [0.15, 0.2) is 66.7 Å². The molecule has 0 aliphatic heterocycles. The molecule has 0 saturated carbocycles. The molecule has 0 saturated heterocycles. The first-order chi connectivity index (χ1) is 13.8. The van der Waals surface area contributed by atoms with Crippen molar-refractivity contribution in [1.82, 2.24) is 0 Å². The molecule has 0 aromatic heterocycles. The fourth-order valence-corrected chi connectivity index (χ4v) is 3.28. The molecule has 0 fully saturated rings. The summed E-state index contributed by atoms with van der Waals surface area (Å²) < 4.78 is 11.2. The first kappa shape index (κ1) is 20.6. The first-order valence-electron chi connectivity index (χ1n) is 9.81. The van der Waals surface area contributed by atoms with Crippen LogP contribution in [-0.2, 0) is 14.3 Å². The van der Waals surface area contributed by atoms with E-state index >= 15 is 0 Å². The van der Waals surface area contributed by atoms with Gasteiger partial charge in [0.25, 0.3) is 0 Å². The lowest BCUT2D eigenvalue weighted by Crippen LogP contribution is -2.33. The number of carbonyl (C=O) groups is 2. The van der Waals surface area contributed by atoms with Gasteiger partial charge in [0, 0.05) is 12.0 Å². The predicted molar refractivity (Wildman–Crippen MR) is 116 cm³/mol. The molecule has 0 aliphatic rings. The number of benzene rings is 3. The van der Waals surface area contributed by atoms with Crippen LogP contribution >= 0.6 is 0 Å². The second kappa shape index (κ2) is 8.48. The monoisotopic (exact) mass is 390 g/mol. The van der Waals surface area contributed by atoms with Gasteiger partial charge in [0.1, 0.15) is 5.60 Å². The van der Waals surface area contributed by atoms with Gasteiger partial charge in [0.2, 0.25) is 0 Å². The van der Waals surface area contributed by atoms with Crippen molar-refractivity contribution in [2.24, 2.45) is 0 Å². The van der Waals surface area contributed by atoms with Crippen molar-refractivity contribution in [3.63, 3.8) is 0 Å². The van der Waals surface area contributed by atoms with Gasteiger partial charge in [-0.2, -0.15) is 0 Å². The Bertz CT molecular complexity index is 1030. The summed E-state index contributed by atoms with van der Waals surface area (Å²) in [6.45, 7) is 9.17. The third-order valence-electron chi connectivity index (χ3n) is 5.27. The molecule has 0 bridgehead atoms. The molecule has 1 unspecified atom stereocenters. The van der Waals surface area contributed by atoms with E-state index < -0.39 is 11.6 Å². The van der Waals surface area contributed by atoms with Crippen LogP contribution < -0.4 is 0 Å². The van der Waals surface area contributed by atoms with Crippen molar-refractivity contribution >= 4 is 33.5 Å². The van der Waals surface area contributed by atoms with Crippen molar-refractivity contribution in [2.75, 3.05) is 6.61 Å². The molecule has 29 heavy (non-hydrogen) atoms. The van der Waals surface area contributed by atoms with Gasteiger partial charge in [0.05, 0.1) is 12.2 Å². The van der Waals surface area contributed by atoms with Gasteiger partial charge < -0.3 is 9.47 Å². The molecule has 0 heterocycles. The number of ether oxygens (including phenoxy) is 2. The topological polar surface area (TPSA) is 52.6 Å². The molecule has 0 radical (unpaired) electrons. The Balaban J connectivity index is 1.83. The van der Waals surface area contributed by atoms with Crippen molar-refractivity contribution in [3.8, 4) is 0 Å². The standard InChI is InChI=1S/C25H26O4/c1-5-25(4,29-23(26)17(2)3)14-15-28-24(27)22-20-12-8-6-10-18(20)16-19-11-7-9-13-21(19)22/h6-13,16H,2,5,14-15H2,1,3-4H3. The first-order valence-corrected chi connectivity index (χ1v) is 9.81. The van der Waals surface area contributed by atoms with Crippen molar-refractivity contribution in [1.29, 1.82) is 0 Å². The maximum Gasteiger partial charge on any atom is 0.339 e. The minimum absolute atomic E-state index is 0.157. The van der Waals surface area contributed by atoms with Crippen LogP contribution in [0.3, 0.4) is 0 Å². The van der Waals surface area contributed by atoms with Gasteiger partial charge in [-0.1, -0.05) is 62.0 Å².